The minimum atomic E-state index is 0.685. The lowest BCUT2D eigenvalue weighted by Gasteiger charge is -2.51. The highest BCUT2D eigenvalue weighted by Crippen LogP contribution is 2.48. The van der Waals surface area contributed by atoms with Crippen LogP contribution >= 0.6 is 0 Å². The normalized spacial score (nSPS) is 31.5. The highest BCUT2D eigenvalue weighted by Gasteiger charge is 2.45. The van der Waals surface area contributed by atoms with Gasteiger partial charge in [-0.1, -0.05) is 19.3 Å². The first-order valence-corrected chi connectivity index (χ1v) is 7.20. The third-order valence-electron chi connectivity index (χ3n) is 4.99. The second-order valence-corrected chi connectivity index (χ2v) is 6.22. The molecule has 2 nitrogen and oxygen atoms in total. The first kappa shape index (κ1) is 11.0. The van der Waals surface area contributed by atoms with Crippen LogP contribution in [0, 0.1) is 5.41 Å². The topological polar surface area (TPSA) is 21.3 Å². The Bertz CT molecular complexity index is 218. The van der Waals surface area contributed by atoms with E-state index in [4.69, 9.17) is 4.74 Å². The monoisotopic (exact) mass is 223 g/mol. The van der Waals surface area contributed by atoms with Crippen molar-refractivity contribution < 1.29 is 4.74 Å². The van der Waals surface area contributed by atoms with Crippen molar-refractivity contribution in [2.24, 2.45) is 5.41 Å². The Morgan fingerprint density at radius 3 is 2.25 bits per heavy atom. The van der Waals surface area contributed by atoms with Gasteiger partial charge in [-0.15, -0.1) is 0 Å². The molecule has 2 heteroatoms. The SMILES string of the molecule is C1CCC(NC2CC3(CCOCC3)C2)CC1. The number of ether oxygens (including phenoxy) is 1. The molecule has 0 atom stereocenters. The summed E-state index contributed by atoms with van der Waals surface area (Å²) in [5.41, 5.74) is 0.685. The Kier molecular flexibility index (Phi) is 3.21. The third-order valence-corrected chi connectivity index (χ3v) is 4.99. The molecule has 1 saturated heterocycles. The van der Waals surface area contributed by atoms with Crippen LogP contribution in [0.2, 0.25) is 0 Å². The summed E-state index contributed by atoms with van der Waals surface area (Å²) in [6.07, 6.45) is 12.7. The van der Waals surface area contributed by atoms with E-state index in [1.807, 2.05) is 0 Å². The van der Waals surface area contributed by atoms with E-state index in [-0.39, 0.29) is 0 Å². The van der Waals surface area contributed by atoms with Gasteiger partial charge >= 0.3 is 0 Å². The molecule has 1 N–H and O–H groups in total. The number of hydrogen-bond acceptors (Lipinski definition) is 2. The van der Waals surface area contributed by atoms with Gasteiger partial charge in [-0.2, -0.15) is 0 Å². The fraction of sp³-hybridized carbons (Fsp3) is 1.00. The van der Waals surface area contributed by atoms with E-state index in [1.165, 1.54) is 57.8 Å². The smallest absolute Gasteiger partial charge is 0.0471 e. The molecule has 2 aliphatic carbocycles. The molecule has 92 valence electrons. The van der Waals surface area contributed by atoms with Crippen LogP contribution in [0.4, 0.5) is 0 Å². The molecule has 3 rings (SSSR count). The highest BCUT2D eigenvalue weighted by atomic mass is 16.5. The second-order valence-electron chi connectivity index (χ2n) is 6.22. The number of hydrogen-bond donors (Lipinski definition) is 1. The van der Waals surface area contributed by atoms with Crippen molar-refractivity contribution in [3.63, 3.8) is 0 Å². The molecule has 0 radical (unpaired) electrons. The fourth-order valence-electron chi connectivity index (χ4n) is 3.92. The van der Waals surface area contributed by atoms with Crippen LogP contribution in [0.15, 0.2) is 0 Å². The summed E-state index contributed by atoms with van der Waals surface area (Å²) in [4.78, 5) is 0. The molecule has 2 saturated carbocycles. The summed E-state index contributed by atoms with van der Waals surface area (Å²) in [5, 5.41) is 3.89. The van der Waals surface area contributed by atoms with Crippen molar-refractivity contribution in [2.45, 2.75) is 69.9 Å². The van der Waals surface area contributed by atoms with Gasteiger partial charge < -0.3 is 10.1 Å². The zero-order valence-corrected chi connectivity index (χ0v) is 10.3. The van der Waals surface area contributed by atoms with E-state index in [2.05, 4.69) is 5.32 Å². The standard InChI is InChI=1S/C14H25NO/c1-2-4-12(5-3-1)15-13-10-14(11-13)6-8-16-9-7-14/h12-13,15H,1-11H2. The molecular formula is C14H25NO. The summed E-state index contributed by atoms with van der Waals surface area (Å²) in [7, 11) is 0. The molecule has 1 aliphatic heterocycles. The summed E-state index contributed by atoms with van der Waals surface area (Å²) in [5.74, 6) is 0. The van der Waals surface area contributed by atoms with Crippen molar-refractivity contribution in [1.29, 1.82) is 0 Å². The van der Waals surface area contributed by atoms with E-state index in [0.717, 1.165) is 25.3 Å². The summed E-state index contributed by atoms with van der Waals surface area (Å²) < 4.78 is 5.47. The minimum Gasteiger partial charge on any atom is -0.381 e. The Balaban J connectivity index is 1.42. The van der Waals surface area contributed by atoms with Crippen LogP contribution in [0.25, 0.3) is 0 Å². The maximum absolute atomic E-state index is 5.47. The van der Waals surface area contributed by atoms with Crippen molar-refractivity contribution in [3.05, 3.63) is 0 Å². The average molecular weight is 223 g/mol. The molecule has 16 heavy (non-hydrogen) atoms. The predicted molar refractivity (Wildman–Crippen MR) is 65.5 cm³/mol. The molecule has 0 aromatic heterocycles. The Labute approximate surface area is 99.1 Å². The fourth-order valence-corrected chi connectivity index (χ4v) is 3.92. The predicted octanol–water partition coefficient (Wildman–Crippen LogP) is 2.87. The minimum absolute atomic E-state index is 0.685. The van der Waals surface area contributed by atoms with Crippen LogP contribution in [0.3, 0.4) is 0 Å². The maximum atomic E-state index is 5.47. The molecule has 1 heterocycles. The van der Waals surface area contributed by atoms with E-state index in [1.54, 1.807) is 0 Å². The zero-order chi connectivity index (χ0) is 10.8. The van der Waals surface area contributed by atoms with Crippen LogP contribution in [-0.4, -0.2) is 25.3 Å². The molecule has 0 bridgehead atoms. The van der Waals surface area contributed by atoms with Gasteiger partial charge in [0, 0.05) is 25.3 Å². The van der Waals surface area contributed by atoms with Gasteiger partial charge in [-0.05, 0) is 43.9 Å². The van der Waals surface area contributed by atoms with Crippen molar-refractivity contribution in [1.82, 2.24) is 5.32 Å². The van der Waals surface area contributed by atoms with Crippen LogP contribution < -0.4 is 5.32 Å². The van der Waals surface area contributed by atoms with Gasteiger partial charge in [0.1, 0.15) is 0 Å². The number of rotatable bonds is 2. The molecule has 3 aliphatic rings. The van der Waals surface area contributed by atoms with Crippen LogP contribution in [-0.2, 0) is 4.74 Å². The molecule has 0 aromatic carbocycles. The summed E-state index contributed by atoms with van der Waals surface area (Å²) in [6, 6.07) is 1.68. The summed E-state index contributed by atoms with van der Waals surface area (Å²) in [6.45, 7) is 2.02. The highest BCUT2D eigenvalue weighted by molar-refractivity contribution is 4.99. The van der Waals surface area contributed by atoms with Gasteiger partial charge in [0.2, 0.25) is 0 Å². The van der Waals surface area contributed by atoms with E-state index in [0.29, 0.717) is 5.41 Å². The quantitative estimate of drug-likeness (QED) is 0.777. The zero-order valence-electron chi connectivity index (χ0n) is 10.3. The third kappa shape index (κ3) is 2.28. The first-order valence-electron chi connectivity index (χ1n) is 7.20. The van der Waals surface area contributed by atoms with Gasteiger partial charge in [0.25, 0.3) is 0 Å². The molecule has 0 amide bonds. The molecule has 0 unspecified atom stereocenters. The van der Waals surface area contributed by atoms with Gasteiger partial charge in [-0.3, -0.25) is 0 Å². The van der Waals surface area contributed by atoms with E-state index in [9.17, 15) is 0 Å². The molecule has 1 spiro atoms. The Morgan fingerprint density at radius 1 is 0.875 bits per heavy atom. The molecule has 3 fully saturated rings. The van der Waals surface area contributed by atoms with Crippen LogP contribution in [0.1, 0.15) is 57.8 Å². The Hall–Kier alpha value is -0.0800. The van der Waals surface area contributed by atoms with Gasteiger partial charge in [-0.25, -0.2) is 0 Å². The maximum Gasteiger partial charge on any atom is 0.0471 e. The van der Waals surface area contributed by atoms with E-state index >= 15 is 0 Å². The summed E-state index contributed by atoms with van der Waals surface area (Å²) >= 11 is 0. The second kappa shape index (κ2) is 4.66. The first-order chi connectivity index (χ1) is 7.86. The largest absolute Gasteiger partial charge is 0.381 e. The van der Waals surface area contributed by atoms with E-state index < -0.39 is 0 Å². The van der Waals surface area contributed by atoms with Gasteiger partial charge in [0.05, 0.1) is 0 Å². The lowest BCUT2D eigenvalue weighted by molar-refractivity contribution is -0.0478. The Morgan fingerprint density at radius 2 is 1.56 bits per heavy atom. The lowest BCUT2D eigenvalue weighted by atomic mass is 9.61. The average Bonchev–Trinajstić information content (AvgIpc) is 2.30. The number of nitrogens with one attached hydrogen (secondary N) is 1. The molecule has 0 aromatic rings. The van der Waals surface area contributed by atoms with Crippen LogP contribution in [0.5, 0.6) is 0 Å². The lowest BCUT2D eigenvalue weighted by Crippen LogP contribution is -2.54. The van der Waals surface area contributed by atoms with Crippen molar-refractivity contribution >= 4 is 0 Å². The van der Waals surface area contributed by atoms with Crippen molar-refractivity contribution in [2.75, 3.05) is 13.2 Å². The van der Waals surface area contributed by atoms with Gasteiger partial charge in [0.15, 0.2) is 0 Å². The van der Waals surface area contributed by atoms with Crippen molar-refractivity contribution in [3.8, 4) is 0 Å². The molecular weight excluding hydrogens is 198 g/mol.